The highest BCUT2D eigenvalue weighted by molar-refractivity contribution is 5.94. The molecular formula is C25H29N5O2. The number of nitrogens with zero attached hydrogens (tertiary/aromatic N) is 4. The van der Waals surface area contributed by atoms with Crippen LogP contribution in [-0.2, 0) is 13.5 Å². The molecule has 1 aromatic carbocycles. The molecule has 0 radical (unpaired) electrons. The molecule has 1 saturated carbocycles. The van der Waals surface area contributed by atoms with Crippen molar-refractivity contribution in [2.45, 2.75) is 38.1 Å². The molecule has 166 valence electrons. The van der Waals surface area contributed by atoms with E-state index in [9.17, 15) is 9.59 Å². The first-order valence-electron chi connectivity index (χ1n) is 10.9. The van der Waals surface area contributed by atoms with Crippen molar-refractivity contribution in [3.05, 3.63) is 87.2 Å². The van der Waals surface area contributed by atoms with Crippen LogP contribution in [0.5, 0.6) is 0 Å². The van der Waals surface area contributed by atoms with Crippen LogP contribution in [0.3, 0.4) is 0 Å². The van der Waals surface area contributed by atoms with Gasteiger partial charge in [-0.15, -0.1) is 0 Å². The third-order valence-corrected chi connectivity index (χ3v) is 5.69. The number of hydrogen-bond donors (Lipinski definition) is 1. The number of rotatable bonds is 7. The first-order chi connectivity index (χ1) is 15.3. The second kappa shape index (κ2) is 8.94. The molecule has 0 spiro atoms. The fraction of sp³-hybridized carbons (Fsp3) is 0.360. The van der Waals surface area contributed by atoms with Gasteiger partial charge in [-0.05, 0) is 31.4 Å². The highest BCUT2D eigenvalue weighted by atomic mass is 16.2. The molecule has 4 rings (SSSR count). The second-order valence-electron chi connectivity index (χ2n) is 8.76. The van der Waals surface area contributed by atoms with Gasteiger partial charge in [0.1, 0.15) is 11.6 Å². The van der Waals surface area contributed by atoms with E-state index < -0.39 is 0 Å². The van der Waals surface area contributed by atoms with E-state index >= 15 is 0 Å². The number of anilines is 1. The molecule has 7 heteroatoms. The maximum absolute atomic E-state index is 13.1. The van der Waals surface area contributed by atoms with Gasteiger partial charge in [-0.25, -0.2) is 9.97 Å². The minimum atomic E-state index is -0.267. The molecule has 1 N–H and O–H groups in total. The van der Waals surface area contributed by atoms with Crippen LogP contribution in [0.4, 0.5) is 5.82 Å². The van der Waals surface area contributed by atoms with Gasteiger partial charge < -0.3 is 14.8 Å². The zero-order chi connectivity index (χ0) is 22.8. The summed E-state index contributed by atoms with van der Waals surface area (Å²) in [5, 5.41) is 3.16. The van der Waals surface area contributed by atoms with Crippen LogP contribution in [0.25, 0.3) is 0 Å². The van der Waals surface area contributed by atoms with E-state index in [-0.39, 0.29) is 17.5 Å². The molecule has 1 fully saturated rings. The van der Waals surface area contributed by atoms with Crippen molar-refractivity contribution in [2.75, 3.05) is 19.0 Å². The number of pyridine rings is 1. The Kier molecular flexibility index (Phi) is 6.08. The minimum absolute atomic E-state index is 0.151. The zero-order valence-corrected chi connectivity index (χ0v) is 19.0. The SMILES string of the molecule is Cc1cccc([C@H](Cc2cc(N(C)C)nc(C3CC3)n2)NC(=O)c2ccc(=O)n(C)c2)c1. The maximum atomic E-state index is 13.1. The van der Waals surface area contributed by atoms with Gasteiger partial charge in [0.2, 0.25) is 5.56 Å². The molecule has 2 heterocycles. The molecule has 32 heavy (non-hydrogen) atoms. The van der Waals surface area contributed by atoms with Gasteiger partial charge in [0.05, 0.1) is 11.6 Å². The summed E-state index contributed by atoms with van der Waals surface area (Å²) in [4.78, 5) is 36.3. The molecule has 1 aliphatic rings. The number of carbonyl (C=O) groups is 1. The van der Waals surface area contributed by atoms with E-state index in [4.69, 9.17) is 9.97 Å². The first kappa shape index (κ1) is 21.7. The van der Waals surface area contributed by atoms with E-state index in [1.165, 1.54) is 10.6 Å². The average molecular weight is 432 g/mol. The molecular weight excluding hydrogens is 402 g/mol. The lowest BCUT2D eigenvalue weighted by Crippen LogP contribution is -2.31. The molecule has 0 saturated heterocycles. The van der Waals surface area contributed by atoms with E-state index in [2.05, 4.69) is 11.4 Å². The van der Waals surface area contributed by atoms with Crippen molar-refractivity contribution in [1.82, 2.24) is 19.9 Å². The number of hydrogen-bond acceptors (Lipinski definition) is 5. The number of amides is 1. The summed E-state index contributed by atoms with van der Waals surface area (Å²) < 4.78 is 1.41. The van der Waals surface area contributed by atoms with Crippen LogP contribution in [-0.4, -0.2) is 34.5 Å². The fourth-order valence-corrected chi connectivity index (χ4v) is 3.68. The summed E-state index contributed by atoms with van der Waals surface area (Å²) in [5.74, 6) is 1.98. The van der Waals surface area contributed by atoms with Crippen molar-refractivity contribution < 1.29 is 4.79 Å². The number of aromatic nitrogens is 3. The van der Waals surface area contributed by atoms with Crippen molar-refractivity contribution in [2.24, 2.45) is 7.05 Å². The molecule has 7 nitrogen and oxygen atoms in total. The van der Waals surface area contributed by atoms with Gasteiger partial charge in [-0.2, -0.15) is 0 Å². The highest BCUT2D eigenvalue weighted by Gasteiger charge is 2.28. The average Bonchev–Trinajstić information content (AvgIpc) is 3.60. The summed E-state index contributed by atoms with van der Waals surface area (Å²) >= 11 is 0. The van der Waals surface area contributed by atoms with E-state index in [1.54, 1.807) is 19.3 Å². The van der Waals surface area contributed by atoms with Crippen molar-refractivity contribution in [1.29, 1.82) is 0 Å². The number of nitrogens with one attached hydrogen (secondary N) is 1. The minimum Gasteiger partial charge on any atom is -0.363 e. The Labute approximate surface area is 188 Å². The summed E-state index contributed by atoms with van der Waals surface area (Å²) in [6.45, 7) is 2.04. The molecule has 1 aliphatic carbocycles. The summed E-state index contributed by atoms with van der Waals surface area (Å²) in [6, 6.07) is 12.8. The van der Waals surface area contributed by atoms with Gasteiger partial charge >= 0.3 is 0 Å². The monoisotopic (exact) mass is 431 g/mol. The van der Waals surface area contributed by atoms with Crippen LogP contribution >= 0.6 is 0 Å². The Balaban J connectivity index is 1.66. The van der Waals surface area contributed by atoms with E-state index in [1.807, 2.05) is 50.2 Å². The molecule has 2 aromatic heterocycles. The lowest BCUT2D eigenvalue weighted by atomic mass is 9.99. The molecule has 1 atom stereocenters. The Morgan fingerprint density at radius 3 is 2.62 bits per heavy atom. The normalized spacial score (nSPS) is 14.1. The van der Waals surface area contributed by atoms with E-state index in [0.29, 0.717) is 17.9 Å². The fourth-order valence-electron chi connectivity index (χ4n) is 3.68. The zero-order valence-electron chi connectivity index (χ0n) is 19.0. The quantitative estimate of drug-likeness (QED) is 0.622. The number of aryl methyl sites for hydroxylation is 2. The van der Waals surface area contributed by atoms with E-state index in [0.717, 1.165) is 41.3 Å². The molecule has 0 aliphatic heterocycles. The lowest BCUT2D eigenvalue weighted by Gasteiger charge is -2.21. The predicted octanol–water partition coefficient (Wildman–Crippen LogP) is 3.14. The largest absolute Gasteiger partial charge is 0.363 e. The third kappa shape index (κ3) is 5.04. The van der Waals surface area contributed by atoms with Crippen LogP contribution in [0, 0.1) is 6.92 Å². The van der Waals surface area contributed by atoms with Crippen molar-refractivity contribution >= 4 is 11.7 Å². The van der Waals surface area contributed by atoms with Crippen LogP contribution in [0.15, 0.2) is 53.5 Å². The molecule has 0 unspecified atom stereocenters. The van der Waals surface area contributed by atoms with Crippen LogP contribution < -0.4 is 15.8 Å². The van der Waals surface area contributed by atoms with Crippen molar-refractivity contribution in [3.8, 4) is 0 Å². The summed E-state index contributed by atoms with van der Waals surface area (Å²) in [6.07, 6.45) is 4.36. The number of carbonyl (C=O) groups excluding carboxylic acids is 1. The topological polar surface area (TPSA) is 80.1 Å². The molecule has 1 amide bonds. The standard InChI is InChI=1S/C25H29N5O2/c1-16-6-5-7-18(12-16)21(27-25(32)19-10-11-23(31)30(4)15-19)13-20-14-22(29(2)3)28-24(26-20)17-8-9-17/h5-7,10-12,14-15,17,21H,8-9,13H2,1-4H3,(H,27,32)/t21-/m0/s1. The highest BCUT2D eigenvalue weighted by Crippen LogP contribution is 2.38. The summed E-state index contributed by atoms with van der Waals surface area (Å²) in [5.41, 5.74) is 3.33. The van der Waals surface area contributed by atoms with Gasteiger partial charge in [-0.1, -0.05) is 29.8 Å². The predicted molar refractivity (Wildman–Crippen MR) is 125 cm³/mol. The Hall–Kier alpha value is -3.48. The van der Waals surface area contributed by atoms with Gasteiger partial charge in [0.15, 0.2) is 0 Å². The van der Waals surface area contributed by atoms with Gasteiger partial charge in [0, 0.05) is 57.5 Å². The maximum Gasteiger partial charge on any atom is 0.253 e. The Morgan fingerprint density at radius 2 is 1.97 bits per heavy atom. The lowest BCUT2D eigenvalue weighted by molar-refractivity contribution is 0.0935. The summed E-state index contributed by atoms with van der Waals surface area (Å²) in [7, 11) is 5.59. The second-order valence-corrected chi connectivity index (χ2v) is 8.76. The third-order valence-electron chi connectivity index (χ3n) is 5.69. The van der Waals surface area contributed by atoms with Crippen LogP contribution in [0.2, 0.25) is 0 Å². The molecule has 0 bridgehead atoms. The van der Waals surface area contributed by atoms with Crippen LogP contribution in [0.1, 0.15) is 57.8 Å². The van der Waals surface area contributed by atoms with Gasteiger partial charge in [-0.3, -0.25) is 9.59 Å². The molecule has 3 aromatic rings. The smallest absolute Gasteiger partial charge is 0.253 e. The first-order valence-corrected chi connectivity index (χ1v) is 10.9. The number of benzene rings is 1. The Morgan fingerprint density at radius 1 is 1.19 bits per heavy atom. The van der Waals surface area contributed by atoms with Crippen molar-refractivity contribution in [3.63, 3.8) is 0 Å². The van der Waals surface area contributed by atoms with Gasteiger partial charge in [0.25, 0.3) is 5.91 Å². The Bertz CT molecular complexity index is 1180.